The lowest BCUT2D eigenvalue weighted by molar-refractivity contribution is -0.145. The first-order chi connectivity index (χ1) is 12.2. The standard InChI is InChI=1S/C17H21N5O3/c1-4-5-10-25-13-9-7-6-8-12(13)15-14(16(23)24-3)11(2)18-17-19-20-21-22(15)17/h6-9,14-15H,2,4-5,10H2,1,3H3,(H,18,19,21)/t14-,15+/m1/s1. The molecule has 1 aliphatic heterocycles. The second-order valence-corrected chi connectivity index (χ2v) is 5.78. The van der Waals surface area contributed by atoms with Gasteiger partial charge < -0.3 is 14.8 Å². The summed E-state index contributed by atoms with van der Waals surface area (Å²) in [5, 5.41) is 14.7. The molecule has 25 heavy (non-hydrogen) atoms. The minimum Gasteiger partial charge on any atom is -0.493 e. The molecule has 0 unspecified atom stereocenters. The third kappa shape index (κ3) is 3.19. The predicted molar refractivity (Wildman–Crippen MR) is 91.1 cm³/mol. The van der Waals surface area contributed by atoms with Gasteiger partial charge in [0.15, 0.2) is 0 Å². The van der Waals surface area contributed by atoms with Crippen molar-refractivity contribution < 1.29 is 14.3 Å². The number of para-hydroxylation sites is 1. The summed E-state index contributed by atoms with van der Waals surface area (Å²) in [6, 6.07) is 7.09. The Morgan fingerprint density at radius 3 is 2.96 bits per heavy atom. The Balaban J connectivity index is 2.06. The molecule has 8 heteroatoms. The number of hydrogen-bond donors (Lipinski definition) is 1. The Bertz CT molecular complexity index is 773. The van der Waals surface area contributed by atoms with Gasteiger partial charge in [-0.25, -0.2) is 4.68 Å². The Hall–Kier alpha value is -2.90. The molecule has 0 amide bonds. The molecule has 2 aromatic rings. The van der Waals surface area contributed by atoms with Gasteiger partial charge in [-0.3, -0.25) is 4.79 Å². The Kier molecular flexibility index (Phi) is 4.97. The molecule has 1 aliphatic rings. The van der Waals surface area contributed by atoms with E-state index in [0.717, 1.165) is 18.4 Å². The molecule has 8 nitrogen and oxygen atoms in total. The number of fused-ring (bicyclic) bond motifs is 1. The average molecular weight is 343 g/mol. The molecule has 2 heterocycles. The third-order valence-electron chi connectivity index (χ3n) is 4.17. The lowest BCUT2D eigenvalue weighted by Crippen LogP contribution is -2.37. The van der Waals surface area contributed by atoms with Crippen molar-refractivity contribution in [1.29, 1.82) is 0 Å². The summed E-state index contributed by atoms with van der Waals surface area (Å²) < 4.78 is 12.5. The van der Waals surface area contributed by atoms with E-state index >= 15 is 0 Å². The highest BCUT2D eigenvalue weighted by Crippen LogP contribution is 2.40. The molecule has 0 radical (unpaired) electrons. The largest absolute Gasteiger partial charge is 0.493 e. The van der Waals surface area contributed by atoms with Gasteiger partial charge in [-0.15, -0.1) is 0 Å². The van der Waals surface area contributed by atoms with E-state index in [9.17, 15) is 4.79 Å². The fraction of sp³-hybridized carbons (Fsp3) is 0.412. The number of esters is 1. The molecular weight excluding hydrogens is 322 g/mol. The van der Waals surface area contributed by atoms with Crippen LogP contribution in [-0.2, 0) is 9.53 Å². The zero-order valence-electron chi connectivity index (χ0n) is 14.3. The van der Waals surface area contributed by atoms with Gasteiger partial charge in [0.2, 0.25) is 5.95 Å². The highest BCUT2D eigenvalue weighted by Gasteiger charge is 2.42. The van der Waals surface area contributed by atoms with E-state index in [1.165, 1.54) is 7.11 Å². The maximum absolute atomic E-state index is 12.4. The Labute approximate surface area is 145 Å². The van der Waals surface area contributed by atoms with Crippen LogP contribution in [0.2, 0.25) is 0 Å². The van der Waals surface area contributed by atoms with Crippen LogP contribution in [0.15, 0.2) is 36.5 Å². The summed E-state index contributed by atoms with van der Waals surface area (Å²) >= 11 is 0. The zero-order chi connectivity index (χ0) is 17.8. The molecule has 3 rings (SSSR count). The normalized spacial score (nSPS) is 19.0. The van der Waals surface area contributed by atoms with Gasteiger partial charge in [-0.05, 0) is 22.9 Å². The van der Waals surface area contributed by atoms with Crippen LogP contribution in [0.3, 0.4) is 0 Å². The number of aromatic nitrogens is 4. The second-order valence-electron chi connectivity index (χ2n) is 5.78. The maximum Gasteiger partial charge on any atom is 0.317 e. The maximum atomic E-state index is 12.4. The zero-order valence-corrected chi connectivity index (χ0v) is 14.3. The van der Waals surface area contributed by atoms with E-state index in [1.54, 1.807) is 4.68 Å². The van der Waals surface area contributed by atoms with Crippen LogP contribution in [0.4, 0.5) is 5.95 Å². The summed E-state index contributed by atoms with van der Waals surface area (Å²) in [6.07, 6.45) is 1.98. The minimum absolute atomic E-state index is 0.410. The number of unbranched alkanes of at least 4 members (excludes halogenated alkanes) is 1. The number of nitrogens with zero attached hydrogens (tertiary/aromatic N) is 4. The van der Waals surface area contributed by atoms with E-state index in [2.05, 4.69) is 34.3 Å². The number of anilines is 1. The van der Waals surface area contributed by atoms with Crippen molar-refractivity contribution in [2.75, 3.05) is 19.0 Å². The molecular formula is C17H21N5O3. The van der Waals surface area contributed by atoms with Crippen molar-refractivity contribution in [2.24, 2.45) is 5.92 Å². The fourth-order valence-electron chi connectivity index (χ4n) is 2.91. The Morgan fingerprint density at radius 2 is 2.20 bits per heavy atom. The average Bonchev–Trinajstić information content (AvgIpc) is 3.08. The highest BCUT2D eigenvalue weighted by atomic mass is 16.5. The van der Waals surface area contributed by atoms with Gasteiger partial charge in [0.25, 0.3) is 0 Å². The van der Waals surface area contributed by atoms with E-state index < -0.39 is 17.9 Å². The van der Waals surface area contributed by atoms with Crippen molar-refractivity contribution in [3.63, 3.8) is 0 Å². The van der Waals surface area contributed by atoms with Crippen molar-refractivity contribution >= 4 is 11.9 Å². The molecule has 1 N–H and O–H groups in total. The topological polar surface area (TPSA) is 91.2 Å². The van der Waals surface area contributed by atoms with Crippen molar-refractivity contribution in [1.82, 2.24) is 20.2 Å². The number of carbonyl (C=O) groups is 1. The van der Waals surface area contributed by atoms with Gasteiger partial charge >= 0.3 is 5.97 Å². The number of nitrogens with one attached hydrogen (secondary N) is 1. The van der Waals surface area contributed by atoms with E-state index in [4.69, 9.17) is 9.47 Å². The fourth-order valence-corrected chi connectivity index (χ4v) is 2.91. The molecule has 1 aromatic heterocycles. The van der Waals surface area contributed by atoms with Crippen molar-refractivity contribution in [3.8, 4) is 5.75 Å². The SMILES string of the molecule is C=C1Nc2nnnn2[C@@H](c2ccccc2OCCCC)[C@@H]1C(=O)OC. The number of methoxy groups -OCH3 is 1. The van der Waals surface area contributed by atoms with Gasteiger partial charge in [0.1, 0.15) is 17.7 Å². The minimum atomic E-state index is -0.670. The van der Waals surface area contributed by atoms with Gasteiger partial charge in [-0.2, -0.15) is 0 Å². The molecule has 1 aromatic carbocycles. The van der Waals surface area contributed by atoms with Crippen LogP contribution in [0.5, 0.6) is 5.75 Å². The Morgan fingerprint density at radius 1 is 1.40 bits per heavy atom. The molecule has 0 spiro atoms. The molecule has 0 fully saturated rings. The smallest absolute Gasteiger partial charge is 0.317 e. The van der Waals surface area contributed by atoms with Crippen LogP contribution in [0.25, 0.3) is 0 Å². The third-order valence-corrected chi connectivity index (χ3v) is 4.17. The van der Waals surface area contributed by atoms with E-state index in [-0.39, 0.29) is 0 Å². The number of tetrazole rings is 1. The van der Waals surface area contributed by atoms with Crippen LogP contribution in [0, 0.1) is 5.92 Å². The molecule has 0 saturated carbocycles. The number of benzene rings is 1. The first kappa shape index (κ1) is 16.9. The lowest BCUT2D eigenvalue weighted by atomic mass is 9.88. The molecule has 2 atom stereocenters. The van der Waals surface area contributed by atoms with E-state index in [1.807, 2.05) is 24.3 Å². The second kappa shape index (κ2) is 7.33. The summed E-state index contributed by atoms with van der Waals surface area (Å²) in [7, 11) is 1.35. The number of ether oxygens (including phenoxy) is 2. The quantitative estimate of drug-likeness (QED) is 0.635. The van der Waals surface area contributed by atoms with Crippen molar-refractivity contribution in [2.45, 2.75) is 25.8 Å². The predicted octanol–water partition coefficient (Wildman–Crippen LogP) is 2.17. The monoisotopic (exact) mass is 343 g/mol. The van der Waals surface area contributed by atoms with Gasteiger partial charge in [0, 0.05) is 11.3 Å². The lowest BCUT2D eigenvalue weighted by Gasteiger charge is -2.32. The van der Waals surface area contributed by atoms with E-state index in [0.29, 0.717) is 24.0 Å². The molecule has 0 bridgehead atoms. The van der Waals surface area contributed by atoms with Crippen LogP contribution in [-0.4, -0.2) is 39.9 Å². The van der Waals surface area contributed by atoms with Crippen LogP contribution in [0.1, 0.15) is 31.4 Å². The first-order valence-corrected chi connectivity index (χ1v) is 8.20. The number of carbonyl (C=O) groups excluding carboxylic acids is 1. The van der Waals surface area contributed by atoms with Gasteiger partial charge in [0.05, 0.1) is 13.7 Å². The van der Waals surface area contributed by atoms with Crippen LogP contribution < -0.4 is 10.1 Å². The number of rotatable bonds is 6. The molecule has 0 aliphatic carbocycles. The highest BCUT2D eigenvalue weighted by molar-refractivity contribution is 5.79. The molecule has 0 saturated heterocycles. The first-order valence-electron chi connectivity index (χ1n) is 8.20. The molecule has 132 valence electrons. The van der Waals surface area contributed by atoms with Crippen LogP contribution >= 0.6 is 0 Å². The summed E-state index contributed by atoms with van der Waals surface area (Å²) in [5.41, 5.74) is 1.30. The summed E-state index contributed by atoms with van der Waals surface area (Å²) in [6.45, 7) is 6.67. The summed E-state index contributed by atoms with van der Waals surface area (Å²) in [5.74, 6) is 0.0495. The number of hydrogen-bond acceptors (Lipinski definition) is 7. The van der Waals surface area contributed by atoms with Crippen molar-refractivity contribution in [3.05, 3.63) is 42.1 Å². The summed E-state index contributed by atoms with van der Waals surface area (Å²) in [4.78, 5) is 12.4. The van der Waals surface area contributed by atoms with Gasteiger partial charge in [-0.1, -0.05) is 43.2 Å².